The number of H-pyrrole nitrogens is 1. The topological polar surface area (TPSA) is 79.5 Å². The van der Waals surface area contributed by atoms with Crippen LogP contribution in [0, 0.1) is 0 Å². The number of carbonyl (C=O) groups excluding carboxylic acids is 2. The van der Waals surface area contributed by atoms with E-state index in [1.54, 1.807) is 4.90 Å². The summed E-state index contributed by atoms with van der Waals surface area (Å²) in [7, 11) is 0. The summed E-state index contributed by atoms with van der Waals surface area (Å²) in [6.07, 6.45) is 4.46. The Hall–Kier alpha value is -2.11. The summed E-state index contributed by atoms with van der Waals surface area (Å²) in [5, 5.41) is 0. The lowest BCUT2D eigenvalue weighted by Crippen LogP contribution is -2.49. The van der Waals surface area contributed by atoms with Crippen molar-refractivity contribution in [3.63, 3.8) is 0 Å². The summed E-state index contributed by atoms with van der Waals surface area (Å²) in [5.41, 5.74) is -0.611. The van der Waals surface area contributed by atoms with Crippen LogP contribution < -0.4 is 5.56 Å². The number of carbonyl (C=O) groups is 2. The van der Waals surface area contributed by atoms with Crippen LogP contribution in [0.15, 0.2) is 23.1 Å². The molecule has 1 aliphatic heterocycles. The van der Waals surface area contributed by atoms with Gasteiger partial charge in [0.2, 0.25) is 0 Å². The van der Waals surface area contributed by atoms with Crippen LogP contribution in [0.5, 0.6) is 0 Å². The fourth-order valence-electron chi connectivity index (χ4n) is 2.77. The van der Waals surface area contributed by atoms with E-state index in [0.717, 1.165) is 19.3 Å². The lowest BCUT2D eigenvalue weighted by Gasteiger charge is -2.38. The standard InChI is InChI=1S/C15H20N2O4/c1-10-5-3-6-11(2)17(10)13(18)9-21-15(20)12-7-4-8-16-14(12)19/h4,7-8,10-11H,3,5-6,9H2,1-2H3,(H,16,19)/t10-,11+. The van der Waals surface area contributed by atoms with Gasteiger partial charge in [-0.1, -0.05) is 0 Å². The Morgan fingerprint density at radius 2 is 2.00 bits per heavy atom. The molecule has 1 fully saturated rings. The van der Waals surface area contributed by atoms with Gasteiger partial charge in [-0.15, -0.1) is 0 Å². The smallest absolute Gasteiger partial charge is 0.344 e. The highest BCUT2D eigenvalue weighted by atomic mass is 16.5. The number of pyridine rings is 1. The molecule has 1 aliphatic rings. The largest absolute Gasteiger partial charge is 0.452 e. The average molecular weight is 292 g/mol. The quantitative estimate of drug-likeness (QED) is 0.852. The van der Waals surface area contributed by atoms with E-state index in [2.05, 4.69) is 4.98 Å². The van der Waals surface area contributed by atoms with E-state index < -0.39 is 11.5 Å². The van der Waals surface area contributed by atoms with Crippen molar-refractivity contribution in [2.45, 2.75) is 45.2 Å². The molecule has 0 aliphatic carbocycles. The first kappa shape index (κ1) is 15.3. The SMILES string of the molecule is C[C@@H]1CCC[C@H](C)N1C(=O)COC(=O)c1ccc[nH]c1=O. The number of hydrogen-bond acceptors (Lipinski definition) is 4. The van der Waals surface area contributed by atoms with E-state index in [1.807, 2.05) is 13.8 Å². The van der Waals surface area contributed by atoms with E-state index >= 15 is 0 Å². The molecule has 1 N–H and O–H groups in total. The van der Waals surface area contributed by atoms with Gasteiger partial charge in [-0.3, -0.25) is 9.59 Å². The molecule has 0 bridgehead atoms. The van der Waals surface area contributed by atoms with Crippen LogP contribution in [0.4, 0.5) is 0 Å². The van der Waals surface area contributed by atoms with Gasteiger partial charge in [-0.25, -0.2) is 4.79 Å². The second kappa shape index (κ2) is 6.56. The Labute approximate surface area is 123 Å². The fourth-order valence-corrected chi connectivity index (χ4v) is 2.77. The number of likely N-dealkylation sites (tertiary alicyclic amines) is 1. The maximum atomic E-state index is 12.2. The molecule has 0 saturated carbocycles. The molecule has 1 aromatic heterocycles. The summed E-state index contributed by atoms with van der Waals surface area (Å²) in [6, 6.07) is 3.21. The number of nitrogens with zero attached hydrogens (tertiary/aromatic N) is 1. The van der Waals surface area contributed by atoms with E-state index in [0.29, 0.717) is 0 Å². The third-order valence-electron chi connectivity index (χ3n) is 3.85. The van der Waals surface area contributed by atoms with Crippen LogP contribution in [-0.2, 0) is 9.53 Å². The Morgan fingerprint density at radius 3 is 2.62 bits per heavy atom. The molecule has 6 heteroatoms. The number of nitrogens with one attached hydrogen (secondary N) is 1. The monoisotopic (exact) mass is 292 g/mol. The van der Waals surface area contributed by atoms with Gasteiger partial charge < -0.3 is 14.6 Å². The molecule has 1 saturated heterocycles. The van der Waals surface area contributed by atoms with Crippen LogP contribution in [0.3, 0.4) is 0 Å². The van der Waals surface area contributed by atoms with Crippen molar-refractivity contribution in [1.82, 2.24) is 9.88 Å². The molecule has 1 aromatic rings. The highest BCUT2D eigenvalue weighted by molar-refractivity contribution is 5.91. The second-order valence-corrected chi connectivity index (χ2v) is 5.42. The van der Waals surface area contributed by atoms with Gasteiger partial charge in [0.1, 0.15) is 5.56 Å². The number of hydrogen-bond donors (Lipinski definition) is 1. The third-order valence-corrected chi connectivity index (χ3v) is 3.85. The van der Waals surface area contributed by atoms with Crippen LogP contribution in [0.25, 0.3) is 0 Å². The highest BCUT2D eigenvalue weighted by Crippen LogP contribution is 2.22. The first-order chi connectivity index (χ1) is 10.0. The molecule has 0 radical (unpaired) electrons. The predicted molar refractivity (Wildman–Crippen MR) is 77.0 cm³/mol. The van der Waals surface area contributed by atoms with Crippen molar-refractivity contribution in [3.05, 3.63) is 34.2 Å². The molecule has 21 heavy (non-hydrogen) atoms. The number of ether oxygens (including phenoxy) is 1. The molecule has 114 valence electrons. The Kier molecular flexibility index (Phi) is 4.77. The van der Waals surface area contributed by atoms with Crippen LogP contribution in [0.2, 0.25) is 0 Å². The molecular weight excluding hydrogens is 272 g/mol. The molecule has 0 unspecified atom stereocenters. The lowest BCUT2D eigenvalue weighted by atomic mass is 9.97. The van der Waals surface area contributed by atoms with Gasteiger partial charge in [-0.05, 0) is 45.2 Å². The van der Waals surface area contributed by atoms with Crippen molar-refractivity contribution < 1.29 is 14.3 Å². The minimum absolute atomic E-state index is 0.0926. The molecule has 0 spiro atoms. The first-order valence-electron chi connectivity index (χ1n) is 7.16. The van der Waals surface area contributed by atoms with E-state index in [-0.39, 0.29) is 30.2 Å². The van der Waals surface area contributed by atoms with Crippen LogP contribution in [-0.4, -0.2) is 40.5 Å². The van der Waals surface area contributed by atoms with Crippen molar-refractivity contribution in [2.75, 3.05) is 6.61 Å². The van der Waals surface area contributed by atoms with Crippen molar-refractivity contribution >= 4 is 11.9 Å². The number of amides is 1. The summed E-state index contributed by atoms with van der Waals surface area (Å²) >= 11 is 0. The lowest BCUT2D eigenvalue weighted by molar-refractivity contribution is -0.140. The predicted octanol–water partition coefficient (Wildman–Crippen LogP) is 1.32. The van der Waals surface area contributed by atoms with E-state index in [4.69, 9.17) is 4.74 Å². The normalized spacial score (nSPS) is 21.9. The van der Waals surface area contributed by atoms with E-state index in [9.17, 15) is 14.4 Å². The minimum Gasteiger partial charge on any atom is -0.452 e. The average Bonchev–Trinajstić information content (AvgIpc) is 2.45. The van der Waals surface area contributed by atoms with Crippen molar-refractivity contribution in [2.24, 2.45) is 0 Å². The second-order valence-electron chi connectivity index (χ2n) is 5.42. The molecular formula is C15H20N2O4. The zero-order valence-corrected chi connectivity index (χ0v) is 12.3. The molecule has 1 amide bonds. The number of esters is 1. The summed E-state index contributed by atoms with van der Waals surface area (Å²) in [4.78, 5) is 39.6. The molecule has 2 rings (SSSR count). The van der Waals surface area contributed by atoms with Gasteiger partial charge >= 0.3 is 5.97 Å². The Balaban J connectivity index is 1.96. The zero-order chi connectivity index (χ0) is 15.4. The Morgan fingerprint density at radius 1 is 1.33 bits per heavy atom. The minimum atomic E-state index is -0.775. The zero-order valence-electron chi connectivity index (χ0n) is 12.3. The van der Waals surface area contributed by atoms with Gasteiger partial charge in [-0.2, -0.15) is 0 Å². The number of rotatable bonds is 3. The molecule has 0 aromatic carbocycles. The number of aromatic nitrogens is 1. The maximum absolute atomic E-state index is 12.2. The summed E-state index contributed by atoms with van der Waals surface area (Å²) < 4.78 is 4.97. The first-order valence-corrected chi connectivity index (χ1v) is 7.16. The van der Waals surface area contributed by atoms with Crippen molar-refractivity contribution in [3.8, 4) is 0 Å². The van der Waals surface area contributed by atoms with Crippen LogP contribution >= 0.6 is 0 Å². The van der Waals surface area contributed by atoms with E-state index in [1.165, 1.54) is 18.3 Å². The van der Waals surface area contributed by atoms with Gasteiger partial charge in [0.25, 0.3) is 11.5 Å². The number of aromatic amines is 1. The van der Waals surface area contributed by atoms with Gasteiger partial charge in [0.15, 0.2) is 6.61 Å². The third kappa shape index (κ3) is 3.51. The number of piperidine rings is 1. The van der Waals surface area contributed by atoms with Gasteiger partial charge in [0, 0.05) is 18.3 Å². The van der Waals surface area contributed by atoms with Crippen LogP contribution in [0.1, 0.15) is 43.5 Å². The Bertz CT molecular complexity index is 571. The summed E-state index contributed by atoms with van der Waals surface area (Å²) in [5.74, 6) is -0.988. The highest BCUT2D eigenvalue weighted by Gasteiger charge is 2.29. The molecule has 6 nitrogen and oxygen atoms in total. The van der Waals surface area contributed by atoms with Crippen molar-refractivity contribution in [1.29, 1.82) is 0 Å². The molecule has 2 heterocycles. The van der Waals surface area contributed by atoms with Gasteiger partial charge in [0.05, 0.1) is 0 Å². The molecule has 2 atom stereocenters. The fraction of sp³-hybridized carbons (Fsp3) is 0.533. The maximum Gasteiger partial charge on any atom is 0.344 e. The summed E-state index contributed by atoms with van der Waals surface area (Å²) in [6.45, 7) is 3.66.